The van der Waals surface area contributed by atoms with Crippen LogP contribution in [0, 0.1) is 0 Å². The molecule has 8 nitrogen and oxygen atoms in total. The maximum Gasteiger partial charge on any atom is 0.323 e. The number of anilines is 1. The van der Waals surface area contributed by atoms with Gasteiger partial charge in [-0.3, -0.25) is 10.1 Å². The van der Waals surface area contributed by atoms with Crippen LogP contribution in [0.4, 0.5) is 10.6 Å². The molecule has 3 amide bonds. The molecule has 0 bridgehead atoms. The summed E-state index contributed by atoms with van der Waals surface area (Å²) in [5, 5.41) is 6.72. The standard InChI is InChI=1S/C19H30N4O4/c1-19(2,3)15-13-16(21-27-15)20-18(25)23-9-6-8-22(10-11-23)17(24)14-7-4-5-12-26-14/h13-14H,4-12H2,1-3H3,(H,20,21,25). The van der Waals surface area contributed by atoms with Gasteiger partial charge in [0.1, 0.15) is 11.9 Å². The monoisotopic (exact) mass is 378 g/mol. The summed E-state index contributed by atoms with van der Waals surface area (Å²) in [6, 6.07) is 1.54. The third-order valence-electron chi connectivity index (χ3n) is 5.03. The van der Waals surface area contributed by atoms with E-state index < -0.39 is 0 Å². The third-order valence-corrected chi connectivity index (χ3v) is 5.03. The topological polar surface area (TPSA) is 87.9 Å². The molecular weight excluding hydrogens is 348 g/mol. The summed E-state index contributed by atoms with van der Waals surface area (Å²) in [6.45, 7) is 9.01. The number of rotatable bonds is 2. The number of ether oxygens (including phenoxy) is 1. The van der Waals surface area contributed by atoms with Crippen LogP contribution >= 0.6 is 0 Å². The Hall–Kier alpha value is -2.09. The molecule has 0 aromatic carbocycles. The lowest BCUT2D eigenvalue weighted by Crippen LogP contribution is -2.44. The molecule has 150 valence electrons. The maximum absolute atomic E-state index is 12.6. The van der Waals surface area contributed by atoms with E-state index in [1.807, 2.05) is 25.7 Å². The lowest BCUT2D eigenvalue weighted by molar-refractivity contribution is -0.146. The molecule has 0 saturated carbocycles. The largest absolute Gasteiger partial charge is 0.368 e. The highest BCUT2D eigenvalue weighted by atomic mass is 16.5. The number of hydrogen-bond acceptors (Lipinski definition) is 5. The molecule has 2 fully saturated rings. The molecule has 0 spiro atoms. The molecule has 1 aromatic heterocycles. The van der Waals surface area contributed by atoms with Gasteiger partial charge in [-0.1, -0.05) is 25.9 Å². The van der Waals surface area contributed by atoms with Gasteiger partial charge in [0.25, 0.3) is 5.91 Å². The highest BCUT2D eigenvalue weighted by Crippen LogP contribution is 2.24. The summed E-state index contributed by atoms with van der Waals surface area (Å²) in [7, 11) is 0. The number of aromatic nitrogens is 1. The Bertz CT molecular complexity index is 661. The van der Waals surface area contributed by atoms with Gasteiger partial charge >= 0.3 is 6.03 Å². The summed E-state index contributed by atoms with van der Waals surface area (Å²) >= 11 is 0. The Morgan fingerprint density at radius 1 is 1.11 bits per heavy atom. The predicted octanol–water partition coefficient (Wildman–Crippen LogP) is 2.61. The smallest absolute Gasteiger partial charge is 0.323 e. The van der Waals surface area contributed by atoms with E-state index in [1.54, 1.807) is 11.0 Å². The summed E-state index contributed by atoms with van der Waals surface area (Å²) in [5.74, 6) is 1.19. The molecule has 2 aliphatic rings. The number of hydrogen-bond donors (Lipinski definition) is 1. The maximum atomic E-state index is 12.6. The van der Waals surface area contributed by atoms with Gasteiger partial charge in [0.15, 0.2) is 5.82 Å². The van der Waals surface area contributed by atoms with Crippen molar-refractivity contribution in [2.24, 2.45) is 0 Å². The van der Waals surface area contributed by atoms with Crippen LogP contribution in [0.15, 0.2) is 10.6 Å². The Balaban J connectivity index is 1.53. The van der Waals surface area contributed by atoms with Crippen molar-refractivity contribution in [2.45, 2.75) is 58.0 Å². The number of nitrogens with one attached hydrogen (secondary N) is 1. The summed E-state index contributed by atoms with van der Waals surface area (Å²) in [6.07, 6.45) is 3.29. The zero-order valence-electron chi connectivity index (χ0n) is 16.5. The molecule has 0 aliphatic carbocycles. The molecule has 3 rings (SSSR count). The zero-order valence-corrected chi connectivity index (χ0v) is 16.5. The van der Waals surface area contributed by atoms with Gasteiger partial charge in [-0.15, -0.1) is 0 Å². The number of carbonyl (C=O) groups is 2. The van der Waals surface area contributed by atoms with Crippen molar-refractivity contribution in [3.05, 3.63) is 11.8 Å². The molecule has 1 unspecified atom stereocenters. The quantitative estimate of drug-likeness (QED) is 0.855. The van der Waals surface area contributed by atoms with E-state index in [-0.39, 0.29) is 23.5 Å². The number of amides is 3. The van der Waals surface area contributed by atoms with Gasteiger partial charge in [0.05, 0.1) is 0 Å². The molecular formula is C19H30N4O4. The van der Waals surface area contributed by atoms with E-state index in [9.17, 15) is 9.59 Å². The molecule has 1 N–H and O–H groups in total. The lowest BCUT2D eigenvalue weighted by atomic mass is 9.93. The second kappa shape index (κ2) is 8.29. The fourth-order valence-electron chi connectivity index (χ4n) is 3.36. The van der Waals surface area contributed by atoms with E-state index in [4.69, 9.17) is 9.26 Å². The van der Waals surface area contributed by atoms with Gasteiger partial charge in [-0.05, 0) is 25.7 Å². The van der Waals surface area contributed by atoms with Crippen LogP contribution in [0.2, 0.25) is 0 Å². The van der Waals surface area contributed by atoms with Crippen molar-refractivity contribution in [3.8, 4) is 0 Å². The fraction of sp³-hybridized carbons (Fsp3) is 0.737. The Morgan fingerprint density at radius 2 is 1.85 bits per heavy atom. The molecule has 27 heavy (non-hydrogen) atoms. The molecule has 1 aromatic rings. The lowest BCUT2D eigenvalue weighted by Gasteiger charge is -2.28. The average Bonchev–Trinajstić information content (AvgIpc) is 2.98. The number of urea groups is 1. The molecule has 3 heterocycles. The highest BCUT2D eigenvalue weighted by molar-refractivity contribution is 5.88. The summed E-state index contributed by atoms with van der Waals surface area (Å²) in [4.78, 5) is 28.7. The average molecular weight is 378 g/mol. The number of carbonyl (C=O) groups excluding carboxylic acids is 2. The van der Waals surface area contributed by atoms with Crippen molar-refractivity contribution in [2.75, 3.05) is 38.1 Å². The van der Waals surface area contributed by atoms with Crippen molar-refractivity contribution in [3.63, 3.8) is 0 Å². The summed E-state index contributed by atoms with van der Waals surface area (Å²) < 4.78 is 10.9. The van der Waals surface area contributed by atoms with Crippen molar-refractivity contribution >= 4 is 17.8 Å². The van der Waals surface area contributed by atoms with E-state index in [1.165, 1.54) is 0 Å². The van der Waals surface area contributed by atoms with Gasteiger partial charge in [-0.25, -0.2) is 4.79 Å². The molecule has 1 atom stereocenters. The highest BCUT2D eigenvalue weighted by Gasteiger charge is 2.29. The van der Waals surface area contributed by atoms with Gasteiger partial charge < -0.3 is 19.1 Å². The Morgan fingerprint density at radius 3 is 2.52 bits per heavy atom. The van der Waals surface area contributed by atoms with E-state index in [0.717, 1.165) is 31.4 Å². The first-order valence-electron chi connectivity index (χ1n) is 9.78. The first kappa shape index (κ1) is 19.7. The second-order valence-electron chi connectivity index (χ2n) is 8.28. The Labute approximate surface area is 160 Å². The normalized spacial score (nSPS) is 21.7. The van der Waals surface area contributed by atoms with Crippen LogP contribution in [0.25, 0.3) is 0 Å². The minimum absolute atomic E-state index is 0.0586. The van der Waals surface area contributed by atoms with E-state index in [0.29, 0.717) is 38.6 Å². The third kappa shape index (κ3) is 5.00. The predicted molar refractivity (Wildman–Crippen MR) is 101 cm³/mol. The van der Waals surface area contributed by atoms with E-state index >= 15 is 0 Å². The van der Waals surface area contributed by atoms with Crippen LogP contribution in [-0.2, 0) is 14.9 Å². The van der Waals surface area contributed by atoms with Gasteiger partial charge in [-0.2, -0.15) is 0 Å². The van der Waals surface area contributed by atoms with E-state index in [2.05, 4.69) is 10.5 Å². The minimum Gasteiger partial charge on any atom is -0.368 e. The fourth-order valence-corrected chi connectivity index (χ4v) is 3.36. The Kier molecular flexibility index (Phi) is 6.04. The van der Waals surface area contributed by atoms with Crippen LogP contribution in [-0.4, -0.2) is 65.8 Å². The van der Waals surface area contributed by atoms with Gasteiger partial charge in [0.2, 0.25) is 0 Å². The molecule has 2 saturated heterocycles. The first-order chi connectivity index (χ1) is 12.8. The first-order valence-corrected chi connectivity index (χ1v) is 9.78. The van der Waals surface area contributed by atoms with Crippen LogP contribution in [0.3, 0.4) is 0 Å². The SMILES string of the molecule is CC(C)(C)c1cc(NC(=O)N2CCCN(C(=O)C3CCCCO3)CC2)no1. The zero-order chi connectivity index (χ0) is 19.4. The minimum atomic E-state index is -0.315. The van der Waals surface area contributed by atoms with Gasteiger partial charge in [0, 0.05) is 44.3 Å². The summed E-state index contributed by atoms with van der Waals surface area (Å²) in [5.41, 5.74) is -0.166. The molecule has 8 heteroatoms. The van der Waals surface area contributed by atoms with Crippen LogP contribution in [0.1, 0.15) is 52.2 Å². The number of nitrogens with zero attached hydrogens (tertiary/aromatic N) is 3. The molecule has 2 aliphatic heterocycles. The second-order valence-corrected chi connectivity index (χ2v) is 8.28. The van der Waals surface area contributed by atoms with Crippen LogP contribution < -0.4 is 5.32 Å². The van der Waals surface area contributed by atoms with Crippen molar-refractivity contribution in [1.82, 2.24) is 15.0 Å². The van der Waals surface area contributed by atoms with Crippen LogP contribution in [0.5, 0.6) is 0 Å². The van der Waals surface area contributed by atoms with Crippen molar-refractivity contribution in [1.29, 1.82) is 0 Å². The molecule has 0 radical (unpaired) electrons. The van der Waals surface area contributed by atoms with Crippen molar-refractivity contribution < 1.29 is 18.8 Å².